The van der Waals surface area contributed by atoms with Gasteiger partial charge in [0.25, 0.3) is 5.91 Å². The molecule has 144 valence electrons. The number of anilines is 1. The Morgan fingerprint density at radius 3 is 2.57 bits per heavy atom. The number of rotatable bonds is 4. The number of esters is 1. The Bertz CT molecular complexity index is 1030. The molecule has 0 radical (unpaired) electrons. The van der Waals surface area contributed by atoms with Crippen LogP contribution < -0.4 is 9.64 Å². The zero-order chi connectivity index (χ0) is 20.4. The largest absolute Gasteiger partial charge is 0.497 e. The van der Waals surface area contributed by atoms with Crippen molar-refractivity contribution in [3.63, 3.8) is 0 Å². The molecule has 0 atom stereocenters. The molecule has 1 amide bonds. The van der Waals surface area contributed by atoms with Crippen molar-refractivity contribution in [2.24, 2.45) is 0 Å². The highest BCUT2D eigenvalue weighted by atomic mass is 35.5. The molecule has 1 heterocycles. The molecule has 28 heavy (non-hydrogen) atoms. The number of carbonyl (C=O) groups is 2. The van der Waals surface area contributed by atoms with Crippen molar-refractivity contribution in [1.29, 1.82) is 0 Å². The molecular weight excluding hydrogens is 385 g/mol. The van der Waals surface area contributed by atoms with Crippen molar-refractivity contribution < 1.29 is 23.5 Å². The third kappa shape index (κ3) is 3.51. The lowest BCUT2D eigenvalue weighted by Crippen LogP contribution is -2.24. The number of ether oxygens (including phenoxy) is 2. The van der Waals surface area contributed by atoms with Gasteiger partial charge in [0.2, 0.25) is 0 Å². The topological polar surface area (TPSA) is 55.8 Å². The van der Waals surface area contributed by atoms with Crippen LogP contribution in [0.25, 0.3) is 6.08 Å². The molecule has 0 saturated heterocycles. The van der Waals surface area contributed by atoms with E-state index in [0.29, 0.717) is 22.7 Å². The molecule has 0 N–H and O–H groups in total. The van der Waals surface area contributed by atoms with Gasteiger partial charge in [0.15, 0.2) is 0 Å². The van der Waals surface area contributed by atoms with E-state index >= 15 is 0 Å². The Kier molecular flexibility index (Phi) is 5.51. The maximum Gasteiger partial charge on any atom is 0.340 e. The first-order valence-electron chi connectivity index (χ1n) is 8.32. The minimum absolute atomic E-state index is 0.122. The molecule has 2 aromatic carbocycles. The van der Waals surface area contributed by atoms with Gasteiger partial charge in [-0.05, 0) is 48.9 Å². The first-order chi connectivity index (χ1) is 13.4. The van der Waals surface area contributed by atoms with E-state index in [9.17, 15) is 14.0 Å². The standard InChI is InChI=1S/C21H17ClFNO4/c1-12-19(21(26)28-3)16(10-13-5-4-6-15(9-13)27-2)20(25)24(12)14-7-8-18(23)17(22)11-14/h4-11H,1-3H3/b16-10-. The maximum absolute atomic E-state index is 13.5. The molecule has 1 aliphatic rings. The van der Waals surface area contributed by atoms with Crippen molar-refractivity contribution in [3.05, 3.63) is 75.7 Å². The lowest BCUT2D eigenvalue weighted by molar-refractivity contribution is -0.136. The lowest BCUT2D eigenvalue weighted by atomic mass is 10.0. The third-order valence-corrected chi connectivity index (χ3v) is 4.65. The first-order valence-corrected chi connectivity index (χ1v) is 8.70. The Hall–Kier alpha value is -3.12. The van der Waals surface area contributed by atoms with E-state index in [-0.39, 0.29) is 16.2 Å². The molecule has 5 nitrogen and oxygen atoms in total. The van der Waals surface area contributed by atoms with E-state index in [2.05, 4.69) is 0 Å². The van der Waals surface area contributed by atoms with Crippen LogP contribution in [0.4, 0.5) is 10.1 Å². The fourth-order valence-corrected chi connectivity index (χ4v) is 3.19. The molecule has 0 spiro atoms. The van der Waals surface area contributed by atoms with Gasteiger partial charge in [0.05, 0.1) is 36.1 Å². The molecule has 7 heteroatoms. The molecule has 2 aromatic rings. The van der Waals surface area contributed by atoms with Crippen LogP contribution in [0.5, 0.6) is 5.75 Å². The first kappa shape index (κ1) is 19.6. The maximum atomic E-state index is 13.5. The van der Waals surface area contributed by atoms with E-state index in [0.717, 1.165) is 0 Å². The predicted molar refractivity (Wildman–Crippen MR) is 105 cm³/mol. The number of amides is 1. The molecule has 0 aliphatic carbocycles. The van der Waals surface area contributed by atoms with Crippen molar-refractivity contribution in [3.8, 4) is 5.75 Å². The van der Waals surface area contributed by atoms with Gasteiger partial charge in [-0.1, -0.05) is 23.7 Å². The second kappa shape index (κ2) is 7.86. The summed E-state index contributed by atoms with van der Waals surface area (Å²) in [5.74, 6) is -1.07. The third-order valence-electron chi connectivity index (χ3n) is 4.36. The SMILES string of the molecule is COC(=O)C1=C(C)N(c2ccc(F)c(Cl)c2)C(=O)/C1=C\c1cccc(OC)c1. The highest BCUT2D eigenvalue weighted by molar-refractivity contribution is 6.31. The fourth-order valence-electron chi connectivity index (χ4n) is 3.01. The number of halogens is 2. The second-order valence-electron chi connectivity index (χ2n) is 6.03. The van der Waals surface area contributed by atoms with Gasteiger partial charge in [-0.25, -0.2) is 9.18 Å². The number of hydrogen-bond donors (Lipinski definition) is 0. The normalized spacial score (nSPS) is 15.4. The number of allylic oxidation sites excluding steroid dienone is 1. The Morgan fingerprint density at radius 1 is 1.18 bits per heavy atom. The highest BCUT2D eigenvalue weighted by Gasteiger charge is 2.38. The molecule has 0 saturated carbocycles. The van der Waals surface area contributed by atoms with Gasteiger partial charge in [0, 0.05) is 5.70 Å². The van der Waals surface area contributed by atoms with Crippen LogP contribution in [0.2, 0.25) is 5.02 Å². The average Bonchev–Trinajstić information content (AvgIpc) is 2.93. The Morgan fingerprint density at radius 2 is 1.93 bits per heavy atom. The fraction of sp³-hybridized carbons (Fsp3) is 0.143. The summed E-state index contributed by atoms with van der Waals surface area (Å²) in [5.41, 5.74) is 1.70. The van der Waals surface area contributed by atoms with E-state index in [4.69, 9.17) is 21.1 Å². The lowest BCUT2D eigenvalue weighted by Gasteiger charge is -2.18. The van der Waals surface area contributed by atoms with Crippen molar-refractivity contribution in [2.75, 3.05) is 19.1 Å². The number of hydrogen-bond acceptors (Lipinski definition) is 4. The highest BCUT2D eigenvalue weighted by Crippen LogP contribution is 2.36. The van der Waals surface area contributed by atoms with Crippen LogP contribution in [0, 0.1) is 5.82 Å². The van der Waals surface area contributed by atoms with Gasteiger partial charge in [-0.3, -0.25) is 9.69 Å². The molecular formula is C21H17ClFNO4. The van der Waals surface area contributed by atoms with E-state index in [1.807, 2.05) is 0 Å². The van der Waals surface area contributed by atoms with Crippen LogP contribution in [-0.4, -0.2) is 26.1 Å². The minimum atomic E-state index is -0.643. The van der Waals surface area contributed by atoms with Crippen LogP contribution >= 0.6 is 11.6 Å². The van der Waals surface area contributed by atoms with E-state index in [1.165, 1.54) is 37.3 Å². The molecule has 0 aromatic heterocycles. The van der Waals surface area contributed by atoms with E-state index in [1.54, 1.807) is 37.3 Å². The molecule has 0 bridgehead atoms. The van der Waals surface area contributed by atoms with Crippen LogP contribution in [-0.2, 0) is 14.3 Å². The van der Waals surface area contributed by atoms with Crippen molar-refractivity contribution >= 4 is 35.2 Å². The Labute approximate surface area is 166 Å². The van der Waals surface area contributed by atoms with Gasteiger partial charge < -0.3 is 9.47 Å². The van der Waals surface area contributed by atoms with Crippen LogP contribution in [0.15, 0.2) is 59.3 Å². The zero-order valence-electron chi connectivity index (χ0n) is 15.5. The summed E-state index contributed by atoms with van der Waals surface area (Å²) < 4.78 is 23.6. The minimum Gasteiger partial charge on any atom is -0.497 e. The smallest absolute Gasteiger partial charge is 0.340 e. The van der Waals surface area contributed by atoms with Crippen LogP contribution in [0.3, 0.4) is 0 Å². The summed E-state index contributed by atoms with van der Waals surface area (Å²) in [4.78, 5) is 26.8. The Balaban J connectivity index is 2.14. The van der Waals surface area contributed by atoms with Gasteiger partial charge in [-0.2, -0.15) is 0 Å². The summed E-state index contributed by atoms with van der Waals surface area (Å²) >= 11 is 5.86. The van der Waals surface area contributed by atoms with E-state index < -0.39 is 17.7 Å². The van der Waals surface area contributed by atoms with Crippen LogP contribution in [0.1, 0.15) is 12.5 Å². The summed E-state index contributed by atoms with van der Waals surface area (Å²) in [6.45, 7) is 1.62. The predicted octanol–water partition coefficient (Wildman–Crippen LogP) is 4.36. The molecule has 3 rings (SSSR count). The van der Waals surface area contributed by atoms with Crippen molar-refractivity contribution in [1.82, 2.24) is 0 Å². The van der Waals surface area contributed by atoms with Gasteiger partial charge in [0.1, 0.15) is 11.6 Å². The number of nitrogens with zero attached hydrogens (tertiary/aromatic N) is 1. The quantitative estimate of drug-likeness (QED) is 0.564. The average molecular weight is 402 g/mol. The van der Waals surface area contributed by atoms with Gasteiger partial charge >= 0.3 is 5.97 Å². The molecule has 0 fully saturated rings. The number of benzene rings is 2. The van der Waals surface area contributed by atoms with Crippen molar-refractivity contribution in [2.45, 2.75) is 6.92 Å². The molecule has 0 unspecified atom stereocenters. The summed E-state index contributed by atoms with van der Waals surface area (Å²) in [6.07, 6.45) is 1.59. The summed E-state index contributed by atoms with van der Waals surface area (Å²) in [5, 5.41) is -0.122. The number of carbonyl (C=O) groups excluding carboxylic acids is 2. The molecule has 1 aliphatic heterocycles. The number of methoxy groups -OCH3 is 2. The zero-order valence-corrected chi connectivity index (χ0v) is 16.2. The summed E-state index contributed by atoms with van der Waals surface area (Å²) in [7, 11) is 2.78. The second-order valence-corrected chi connectivity index (χ2v) is 6.43. The monoisotopic (exact) mass is 401 g/mol. The van der Waals surface area contributed by atoms with Gasteiger partial charge in [-0.15, -0.1) is 0 Å². The summed E-state index contributed by atoms with van der Waals surface area (Å²) in [6, 6.07) is 11.0.